The molecule has 1 aromatic carbocycles. The number of carbonyl (C=O) groups is 1. The van der Waals surface area contributed by atoms with Crippen LogP contribution in [0.4, 0.5) is 9.52 Å². The van der Waals surface area contributed by atoms with E-state index in [0.29, 0.717) is 22.6 Å². The van der Waals surface area contributed by atoms with Gasteiger partial charge in [0.25, 0.3) is 0 Å². The van der Waals surface area contributed by atoms with Gasteiger partial charge in [0.1, 0.15) is 11.6 Å². The zero-order valence-electron chi connectivity index (χ0n) is 13.1. The number of benzene rings is 1. The number of hydrogen-bond acceptors (Lipinski definition) is 7. The number of halogens is 1. The molecule has 0 bridgehead atoms. The van der Waals surface area contributed by atoms with Crippen LogP contribution in [-0.4, -0.2) is 21.9 Å². The summed E-state index contributed by atoms with van der Waals surface area (Å²) in [6.07, 6.45) is 1.61. The van der Waals surface area contributed by atoms with E-state index in [0.717, 1.165) is 11.3 Å². The Kier molecular flexibility index (Phi) is 6.02. The molecule has 0 saturated heterocycles. The number of furan rings is 1. The first-order chi connectivity index (χ1) is 12.2. The molecule has 0 aliphatic heterocycles. The van der Waals surface area contributed by atoms with Crippen LogP contribution in [0.5, 0.6) is 0 Å². The van der Waals surface area contributed by atoms with Gasteiger partial charge in [-0.15, -0.1) is 10.2 Å². The third-order valence-corrected chi connectivity index (χ3v) is 5.14. The summed E-state index contributed by atoms with van der Waals surface area (Å²) in [5.41, 5.74) is 0.847. The summed E-state index contributed by atoms with van der Waals surface area (Å²) in [6.45, 7) is 0.899. The molecule has 0 aliphatic carbocycles. The van der Waals surface area contributed by atoms with Crippen LogP contribution in [0.2, 0.25) is 0 Å². The van der Waals surface area contributed by atoms with Crippen LogP contribution in [0, 0.1) is 5.82 Å². The predicted octanol–water partition coefficient (Wildman–Crippen LogP) is 3.29. The number of thioether (sulfide) groups is 1. The van der Waals surface area contributed by atoms with Crippen LogP contribution in [0.25, 0.3) is 0 Å². The molecule has 0 aliphatic rings. The zero-order chi connectivity index (χ0) is 17.5. The fraction of sp³-hybridized carbons (Fsp3) is 0.188. The average molecular weight is 378 g/mol. The Morgan fingerprint density at radius 2 is 2.04 bits per heavy atom. The molecule has 0 saturated carbocycles. The maximum atomic E-state index is 12.8. The van der Waals surface area contributed by atoms with Gasteiger partial charge in [0.2, 0.25) is 11.0 Å². The van der Waals surface area contributed by atoms with Gasteiger partial charge in [-0.1, -0.05) is 35.2 Å². The molecule has 0 atom stereocenters. The van der Waals surface area contributed by atoms with Gasteiger partial charge < -0.3 is 15.1 Å². The standard InChI is InChI=1S/C16H15FN4O2S2/c17-12-5-3-11(4-6-12)8-18-14(22)10-24-16-21-20-15(25-16)19-9-13-2-1-7-23-13/h1-7H,8-10H2,(H,18,22)(H,19,20). The molecule has 25 heavy (non-hydrogen) atoms. The Labute approximate surface area is 151 Å². The lowest BCUT2D eigenvalue weighted by atomic mass is 10.2. The smallest absolute Gasteiger partial charge is 0.230 e. The van der Waals surface area contributed by atoms with Crippen LogP contribution in [-0.2, 0) is 17.9 Å². The summed E-state index contributed by atoms with van der Waals surface area (Å²) in [4.78, 5) is 11.9. The SMILES string of the molecule is O=C(CSc1nnc(NCc2ccco2)s1)NCc1ccc(F)cc1. The van der Waals surface area contributed by atoms with Crippen molar-refractivity contribution in [3.63, 3.8) is 0 Å². The van der Waals surface area contributed by atoms with Gasteiger partial charge in [0.05, 0.1) is 18.6 Å². The van der Waals surface area contributed by atoms with Crippen molar-refractivity contribution in [1.82, 2.24) is 15.5 Å². The van der Waals surface area contributed by atoms with Gasteiger partial charge in [-0.3, -0.25) is 4.79 Å². The van der Waals surface area contributed by atoms with E-state index in [2.05, 4.69) is 20.8 Å². The van der Waals surface area contributed by atoms with E-state index in [-0.39, 0.29) is 17.5 Å². The molecule has 0 unspecified atom stereocenters. The molecule has 0 fully saturated rings. The minimum Gasteiger partial charge on any atom is -0.467 e. The third-order valence-electron chi connectivity index (χ3n) is 3.13. The van der Waals surface area contributed by atoms with E-state index in [1.807, 2.05) is 12.1 Å². The molecule has 130 valence electrons. The van der Waals surface area contributed by atoms with Gasteiger partial charge in [0, 0.05) is 6.54 Å². The number of rotatable bonds is 8. The highest BCUT2D eigenvalue weighted by Crippen LogP contribution is 2.25. The molecule has 0 radical (unpaired) electrons. The Morgan fingerprint density at radius 1 is 1.20 bits per heavy atom. The summed E-state index contributed by atoms with van der Waals surface area (Å²) in [5, 5.41) is 14.6. The Hall–Kier alpha value is -2.39. The van der Waals surface area contributed by atoms with E-state index < -0.39 is 0 Å². The quantitative estimate of drug-likeness (QED) is 0.586. The number of anilines is 1. The molecule has 3 aromatic rings. The van der Waals surface area contributed by atoms with E-state index in [1.165, 1.54) is 35.2 Å². The van der Waals surface area contributed by atoms with Gasteiger partial charge in [-0.25, -0.2) is 4.39 Å². The molecule has 2 heterocycles. The van der Waals surface area contributed by atoms with Gasteiger partial charge in [-0.05, 0) is 29.8 Å². The van der Waals surface area contributed by atoms with Crippen LogP contribution in [0.3, 0.4) is 0 Å². The lowest BCUT2D eigenvalue weighted by Crippen LogP contribution is -2.24. The molecule has 6 nitrogen and oxygen atoms in total. The zero-order valence-corrected chi connectivity index (χ0v) is 14.7. The van der Waals surface area contributed by atoms with E-state index in [1.54, 1.807) is 18.4 Å². The Balaban J connectivity index is 1.39. The van der Waals surface area contributed by atoms with Crippen molar-refractivity contribution in [2.24, 2.45) is 0 Å². The van der Waals surface area contributed by atoms with Crippen LogP contribution < -0.4 is 10.6 Å². The van der Waals surface area contributed by atoms with Crippen molar-refractivity contribution in [3.8, 4) is 0 Å². The van der Waals surface area contributed by atoms with Crippen LogP contribution >= 0.6 is 23.1 Å². The second-order valence-corrected chi connectivity index (χ2v) is 7.20. The largest absolute Gasteiger partial charge is 0.467 e. The monoisotopic (exact) mass is 378 g/mol. The van der Waals surface area contributed by atoms with Crippen molar-refractivity contribution < 1.29 is 13.6 Å². The number of carbonyl (C=O) groups excluding carboxylic acids is 1. The first-order valence-electron chi connectivity index (χ1n) is 7.43. The topological polar surface area (TPSA) is 80.1 Å². The number of hydrogen-bond donors (Lipinski definition) is 2. The second kappa shape index (κ2) is 8.63. The highest BCUT2D eigenvalue weighted by molar-refractivity contribution is 8.01. The normalized spacial score (nSPS) is 10.6. The molecule has 1 amide bonds. The molecule has 2 N–H and O–H groups in total. The fourth-order valence-corrected chi connectivity index (χ4v) is 3.47. The lowest BCUT2D eigenvalue weighted by Gasteiger charge is -2.04. The van der Waals surface area contributed by atoms with Crippen molar-refractivity contribution in [2.75, 3.05) is 11.1 Å². The summed E-state index contributed by atoms with van der Waals surface area (Å²) in [5.74, 6) is 0.645. The molecule has 9 heteroatoms. The summed E-state index contributed by atoms with van der Waals surface area (Å²) in [6, 6.07) is 9.72. The molecular weight excluding hydrogens is 363 g/mol. The lowest BCUT2D eigenvalue weighted by molar-refractivity contribution is -0.118. The molecule has 2 aromatic heterocycles. The highest BCUT2D eigenvalue weighted by atomic mass is 32.2. The van der Waals surface area contributed by atoms with E-state index in [9.17, 15) is 9.18 Å². The maximum Gasteiger partial charge on any atom is 0.230 e. The van der Waals surface area contributed by atoms with E-state index >= 15 is 0 Å². The van der Waals surface area contributed by atoms with Gasteiger partial charge in [-0.2, -0.15) is 0 Å². The average Bonchev–Trinajstić information content (AvgIpc) is 3.29. The predicted molar refractivity (Wildman–Crippen MR) is 94.9 cm³/mol. The molecule has 3 rings (SSSR count). The van der Waals surface area contributed by atoms with Gasteiger partial charge in [0.15, 0.2) is 4.34 Å². The minimum atomic E-state index is -0.293. The van der Waals surface area contributed by atoms with E-state index in [4.69, 9.17) is 4.42 Å². The molecular formula is C16H15FN4O2S2. The first-order valence-corrected chi connectivity index (χ1v) is 9.23. The number of amides is 1. The Bertz CT molecular complexity index is 806. The maximum absolute atomic E-state index is 12.8. The van der Waals surface area contributed by atoms with Crippen molar-refractivity contribution in [2.45, 2.75) is 17.4 Å². The van der Waals surface area contributed by atoms with Crippen molar-refractivity contribution >= 4 is 34.1 Å². The van der Waals surface area contributed by atoms with Crippen LogP contribution in [0.15, 0.2) is 51.4 Å². The molecule has 0 spiro atoms. The number of aromatic nitrogens is 2. The van der Waals surface area contributed by atoms with Gasteiger partial charge >= 0.3 is 0 Å². The first kappa shape index (κ1) is 17.4. The summed E-state index contributed by atoms with van der Waals surface area (Å²) in [7, 11) is 0. The van der Waals surface area contributed by atoms with Crippen molar-refractivity contribution in [3.05, 3.63) is 59.8 Å². The second-order valence-electron chi connectivity index (χ2n) is 5.00. The fourth-order valence-electron chi connectivity index (χ4n) is 1.90. The number of nitrogens with one attached hydrogen (secondary N) is 2. The van der Waals surface area contributed by atoms with Crippen LogP contribution in [0.1, 0.15) is 11.3 Å². The summed E-state index contributed by atoms with van der Waals surface area (Å²) < 4.78 is 18.8. The number of nitrogens with zero attached hydrogens (tertiary/aromatic N) is 2. The highest BCUT2D eigenvalue weighted by Gasteiger charge is 2.08. The third kappa shape index (κ3) is 5.57. The minimum absolute atomic E-state index is 0.116. The summed E-state index contributed by atoms with van der Waals surface area (Å²) >= 11 is 2.70. The Morgan fingerprint density at radius 3 is 2.80 bits per heavy atom. The van der Waals surface area contributed by atoms with Crippen molar-refractivity contribution in [1.29, 1.82) is 0 Å².